The molecule has 0 radical (unpaired) electrons. The van der Waals surface area contributed by atoms with Crippen molar-refractivity contribution in [3.05, 3.63) is 28.8 Å². The molecule has 1 rings (SSSR count). The summed E-state index contributed by atoms with van der Waals surface area (Å²) in [6.45, 7) is -0.120. The van der Waals surface area contributed by atoms with E-state index >= 15 is 0 Å². The smallest absolute Gasteiger partial charge is 0.174 e. The SMILES string of the molecule is N#CCOc1c(Cl)cccc1C=O. The molecule has 66 valence electrons. The highest BCUT2D eigenvalue weighted by Gasteiger charge is 2.06. The summed E-state index contributed by atoms with van der Waals surface area (Å²) >= 11 is 5.75. The second-order valence-corrected chi connectivity index (χ2v) is 2.63. The molecule has 0 aliphatic heterocycles. The van der Waals surface area contributed by atoms with Crippen LogP contribution in [0.2, 0.25) is 5.02 Å². The topological polar surface area (TPSA) is 50.1 Å². The molecule has 0 N–H and O–H groups in total. The zero-order chi connectivity index (χ0) is 9.68. The molecule has 0 amide bonds. The summed E-state index contributed by atoms with van der Waals surface area (Å²) in [5.74, 6) is 0.265. The predicted molar refractivity (Wildman–Crippen MR) is 47.9 cm³/mol. The molecule has 0 bridgehead atoms. The summed E-state index contributed by atoms with van der Waals surface area (Å²) in [7, 11) is 0. The third kappa shape index (κ3) is 2.20. The van der Waals surface area contributed by atoms with Gasteiger partial charge < -0.3 is 4.74 Å². The third-order valence-corrected chi connectivity index (χ3v) is 1.70. The zero-order valence-corrected chi connectivity index (χ0v) is 7.41. The largest absolute Gasteiger partial charge is 0.476 e. The predicted octanol–water partition coefficient (Wildman–Crippen LogP) is 2.05. The Hall–Kier alpha value is -1.53. The van der Waals surface area contributed by atoms with Gasteiger partial charge in [0.05, 0.1) is 10.6 Å². The monoisotopic (exact) mass is 195 g/mol. The first-order chi connectivity index (χ1) is 6.29. The first-order valence-corrected chi connectivity index (χ1v) is 3.91. The van der Waals surface area contributed by atoms with Crippen molar-refractivity contribution in [2.75, 3.05) is 6.61 Å². The van der Waals surface area contributed by atoms with E-state index in [1.807, 2.05) is 0 Å². The molecular weight excluding hydrogens is 190 g/mol. The Bertz CT molecular complexity index is 357. The van der Waals surface area contributed by atoms with Crippen LogP contribution >= 0.6 is 11.6 Å². The van der Waals surface area contributed by atoms with E-state index < -0.39 is 0 Å². The van der Waals surface area contributed by atoms with Crippen molar-refractivity contribution in [1.82, 2.24) is 0 Å². The van der Waals surface area contributed by atoms with Gasteiger partial charge in [-0.3, -0.25) is 4.79 Å². The number of benzene rings is 1. The highest BCUT2D eigenvalue weighted by Crippen LogP contribution is 2.27. The summed E-state index contributed by atoms with van der Waals surface area (Å²) in [4.78, 5) is 10.5. The summed E-state index contributed by atoms with van der Waals surface area (Å²) in [5, 5.41) is 8.61. The van der Waals surface area contributed by atoms with Crippen LogP contribution in [0.15, 0.2) is 18.2 Å². The lowest BCUT2D eigenvalue weighted by Gasteiger charge is -2.05. The minimum atomic E-state index is -0.120. The van der Waals surface area contributed by atoms with Crippen LogP contribution in [-0.4, -0.2) is 12.9 Å². The van der Waals surface area contributed by atoms with Gasteiger partial charge in [-0.1, -0.05) is 17.7 Å². The molecule has 0 aliphatic carbocycles. The minimum absolute atomic E-state index is 0.120. The number of ether oxygens (including phenoxy) is 1. The maximum absolute atomic E-state index is 10.5. The number of para-hydroxylation sites is 1. The quantitative estimate of drug-likeness (QED) is 0.694. The highest BCUT2D eigenvalue weighted by molar-refractivity contribution is 6.32. The van der Waals surface area contributed by atoms with Gasteiger partial charge in [-0.05, 0) is 12.1 Å². The number of rotatable bonds is 3. The Balaban J connectivity index is 3.01. The van der Waals surface area contributed by atoms with Crippen molar-refractivity contribution in [1.29, 1.82) is 5.26 Å². The van der Waals surface area contributed by atoms with Crippen LogP contribution in [0.4, 0.5) is 0 Å². The van der Waals surface area contributed by atoms with Crippen molar-refractivity contribution < 1.29 is 9.53 Å². The molecule has 1 aromatic rings. The van der Waals surface area contributed by atoms with Gasteiger partial charge >= 0.3 is 0 Å². The number of aldehydes is 1. The van der Waals surface area contributed by atoms with Crippen LogP contribution in [0, 0.1) is 11.3 Å². The van der Waals surface area contributed by atoms with Gasteiger partial charge in [0.1, 0.15) is 11.8 Å². The third-order valence-electron chi connectivity index (χ3n) is 1.41. The lowest BCUT2D eigenvalue weighted by molar-refractivity contribution is 0.112. The van der Waals surface area contributed by atoms with Crippen LogP contribution in [0.3, 0.4) is 0 Å². The molecule has 0 unspecified atom stereocenters. The zero-order valence-electron chi connectivity index (χ0n) is 6.66. The average Bonchev–Trinajstić information content (AvgIpc) is 2.15. The lowest BCUT2D eigenvalue weighted by Crippen LogP contribution is -1.97. The van der Waals surface area contributed by atoms with E-state index in [0.29, 0.717) is 16.9 Å². The molecule has 0 atom stereocenters. The van der Waals surface area contributed by atoms with Crippen molar-refractivity contribution >= 4 is 17.9 Å². The number of hydrogen-bond donors (Lipinski definition) is 0. The summed E-state index contributed by atoms with van der Waals surface area (Å²) < 4.78 is 4.98. The fourth-order valence-corrected chi connectivity index (χ4v) is 1.11. The Morgan fingerprint density at radius 1 is 1.62 bits per heavy atom. The normalized spacial score (nSPS) is 8.92. The first kappa shape index (κ1) is 9.56. The second kappa shape index (κ2) is 4.48. The molecule has 0 aliphatic rings. The molecule has 0 aromatic heterocycles. The summed E-state index contributed by atoms with van der Waals surface area (Å²) in [5.41, 5.74) is 0.350. The van der Waals surface area contributed by atoms with Crippen LogP contribution in [0.25, 0.3) is 0 Å². The van der Waals surface area contributed by atoms with E-state index in [-0.39, 0.29) is 12.4 Å². The maximum atomic E-state index is 10.5. The van der Waals surface area contributed by atoms with Crippen molar-refractivity contribution in [3.63, 3.8) is 0 Å². The minimum Gasteiger partial charge on any atom is -0.476 e. The number of halogens is 1. The van der Waals surface area contributed by atoms with Crippen LogP contribution in [0.5, 0.6) is 5.75 Å². The number of hydrogen-bond acceptors (Lipinski definition) is 3. The highest BCUT2D eigenvalue weighted by atomic mass is 35.5. The molecule has 0 heterocycles. The maximum Gasteiger partial charge on any atom is 0.174 e. The average molecular weight is 196 g/mol. The molecule has 0 saturated carbocycles. The molecule has 13 heavy (non-hydrogen) atoms. The molecule has 1 aromatic carbocycles. The van der Waals surface area contributed by atoms with Crippen molar-refractivity contribution in [3.8, 4) is 11.8 Å². The van der Waals surface area contributed by atoms with E-state index in [1.54, 1.807) is 24.3 Å². The fraction of sp³-hybridized carbons (Fsp3) is 0.111. The Morgan fingerprint density at radius 3 is 3.00 bits per heavy atom. The first-order valence-electron chi connectivity index (χ1n) is 3.53. The molecule has 0 saturated heterocycles. The second-order valence-electron chi connectivity index (χ2n) is 2.22. The van der Waals surface area contributed by atoms with Gasteiger partial charge in [-0.25, -0.2) is 0 Å². The van der Waals surface area contributed by atoms with Crippen molar-refractivity contribution in [2.45, 2.75) is 0 Å². The van der Waals surface area contributed by atoms with Crippen molar-refractivity contribution in [2.24, 2.45) is 0 Å². The Morgan fingerprint density at radius 2 is 2.38 bits per heavy atom. The van der Waals surface area contributed by atoms with E-state index in [0.717, 1.165) is 0 Å². The Kier molecular flexibility index (Phi) is 3.30. The molecule has 4 heteroatoms. The van der Waals surface area contributed by atoms with E-state index in [4.69, 9.17) is 21.6 Å². The Labute approximate surface area is 80.5 Å². The lowest BCUT2D eigenvalue weighted by atomic mass is 10.2. The van der Waals surface area contributed by atoms with E-state index in [2.05, 4.69) is 0 Å². The number of carbonyl (C=O) groups is 1. The van der Waals surface area contributed by atoms with Gasteiger partial charge in [0.25, 0.3) is 0 Å². The van der Waals surface area contributed by atoms with E-state index in [1.165, 1.54) is 0 Å². The number of nitrogens with zero attached hydrogens (tertiary/aromatic N) is 1. The number of carbonyl (C=O) groups excluding carboxylic acids is 1. The molecular formula is C9H6ClNO2. The summed E-state index contributed by atoms with van der Waals surface area (Å²) in [6, 6.07) is 6.62. The van der Waals surface area contributed by atoms with Gasteiger partial charge in [0, 0.05) is 0 Å². The van der Waals surface area contributed by atoms with E-state index in [9.17, 15) is 4.79 Å². The van der Waals surface area contributed by atoms with Crippen LogP contribution in [-0.2, 0) is 0 Å². The van der Waals surface area contributed by atoms with Crippen LogP contribution < -0.4 is 4.74 Å². The fourth-order valence-electron chi connectivity index (χ4n) is 0.875. The van der Waals surface area contributed by atoms with Gasteiger partial charge in [-0.15, -0.1) is 0 Å². The summed E-state index contributed by atoms with van der Waals surface area (Å²) in [6.07, 6.45) is 0.637. The number of nitriles is 1. The molecule has 3 nitrogen and oxygen atoms in total. The van der Waals surface area contributed by atoms with Crippen LogP contribution in [0.1, 0.15) is 10.4 Å². The van der Waals surface area contributed by atoms with Gasteiger partial charge in [0.15, 0.2) is 12.9 Å². The standard InChI is InChI=1S/C9H6ClNO2/c10-8-3-1-2-7(6-12)9(8)13-5-4-11/h1-3,6H,5H2. The van der Waals surface area contributed by atoms with Gasteiger partial charge in [-0.2, -0.15) is 5.26 Å². The molecule has 0 fully saturated rings. The van der Waals surface area contributed by atoms with Gasteiger partial charge in [0.2, 0.25) is 0 Å². The molecule has 0 spiro atoms.